The van der Waals surface area contributed by atoms with E-state index in [2.05, 4.69) is 0 Å². The molecule has 1 N–H and O–H groups in total. The van der Waals surface area contributed by atoms with E-state index in [1.807, 2.05) is 6.92 Å². The molecule has 150 valence electrons. The monoisotopic (exact) mass is 405 g/mol. The highest BCUT2D eigenvalue weighted by atomic mass is 19.1. The molecule has 1 aliphatic heterocycles. The van der Waals surface area contributed by atoms with Crippen LogP contribution in [0.15, 0.2) is 78.4 Å². The quantitative estimate of drug-likeness (QED) is 0.383. The summed E-state index contributed by atoms with van der Waals surface area (Å²) in [6, 6.07) is 16.2. The molecule has 1 saturated heterocycles. The van der Waals surface area contributed by atoms with E-state index in [4.69, 9.17) is 0 Å². The Hall–Kier alpha value is -3.80. The van der Waals surface area contributed by atoms with Gasteiger partial charge in [-0.2, -0.15) is 0 Å². The fourth-order valence-electron chi connectivity index (χ4n) is 3.56. The third-order valence-electron chi connectivity index (χ3n) is 5.07. The molecule has 1 heterocycles. The molecule has 1 amide bonds. The van der Waals surface area contributed by atoms with Crippen molar-refractivity contribution in [3.8, 4) is 0 Å². The molecule has 6 heteroatoms. The number of carbonyl (C=O) groups excluding carboxylic acids is 2. The molecular formula is C24H17F2NO3. The second-order valence-corrected chi connectivity index (χ2v) is 7.03. The third-order valence-corrected chi connectivity index (χ3v) is 5.07. The molecule has 0 saturated carbocycles. The number of aliphatic hydroxyl groups excluding tert-OH is 1. The Morgan fingerprint density at radius 3 is 2.17 bits per heavy atom. The van der Waals surface area contributed by atoms with Crippen molar-refractivity contribution in [2.75, 3.05) is 4.90 Å². The Morgan fingerprint density at radius 1 is 0.900 bits per heavy atom. The molecule has 0 aromatic heterocycles. The molecular weight excluding hydrogens is 388 g/mol. The van der Waals surface area contributed by atoms with Crippen LogP contribution in [-0.4, -0.2) is 16.8 Å². The van der Waals surface area contributed by atoms with Crippen molar-refractivity contribution in [3.05, 3.63) is 107 Å². The average Bonchev–Trinajstić information content (AvgIpc) is 3.00. The van der Waals surface area contributed by atoms with Crippen molar-refractivity contribution < 1.29 is 23.5 Å². The number of ketones is 1. The van der Waals surface area contributed by atoms with Gasteiger partial charge >= 0.3 is 0 Å². The smallest absolute Gasteiger partial charge is 0.300 e. The van der Waals surface area contributed by atoms with Gasteiger partial charge in [-0.15, -0.1) is 0 Å². The van der Waals surface area contributed by atoms with E-state index < -0.39 is 35.1 Å². The maximum absolute atomic E-state index is 14.7. The van der Waals surface area contributed by atoms with Crippen LogP contribution in [0.4, 0.5) is 14.5 Å². The highest BCUT2D eigenvalue weighted by Crippen LogP contribution is 2.42. The van der Waals surface area contributed by atoms with Crippen LogP contribution >= 0.6 is 0 Å². The number of amides is 1. The molecule has 1 aliphatic rings. The molecule has 0 radical (unpaired) electrons. The lowest BCUT2D eigenvalue weighted by Gasteiger charge is -2.25. The van der Waals surface area contributed by atoms with Crippen molar-refractivity contribution in [1.29, 1.82) is 0 Å². The number of carbonyl (C=O) groups is 2. The number of aliphatic hydroxyl groups is 1. The maximum Gasteiger partial charge on any atom is 0.300 e. The van der Waals surface area contributed by atoms with Crippen molar-refractivity contribution in [2.45, 2.75) is 13.0 Å². The molecule has 3 aromatic carbocycles. The van der Waals surface area contributed by atoms with Crippen LogP contribution < -0.4 is 4.90 Å². The lowest BCUT2D eigenvalue weighted by Crippen LogP contribution is -2.29. The summed E-state index contributed by atoms with van der Waals surface area (Å²) >= 11 is 0. The summed E-state index contributed by atoms with van der Waals surface area (Å²) in [5, 5.41) is 10.9. The van der Waals surface area contributed by atoms with Crippen LogP contribution in [0.5, 0.6) is 0 Å². The number of hydrogen-bond acceptors (Lipinski definition) is 3. The van der Waals surface area contributed by atoms with Gasteiger partial charge in [-0.05, 0) is 37.3 Å². The zero-order valence-electron chi connectivity index (χ0n) is 16.0. The number of aryl methyl sites for hydroxylation is 1. The Balaban J connectivity index is 1.96. The molecule has 0 bridgehead atoms. The molecule has 0 aliphatic carbocycles. The zero-order valence-corrected chi connectivity index (χ0v) is 16.0. The van der Waals surface area contributed by atoms with E-state index in [0.717, 1.165) is 22.6 Å². The normalized spacial score (nSPS) is 18.1. The Morgan fingerprint density at radius 2 is 1.53 bits per heavy atom. The standard InChI is InChI=1S/C24H17F2NO3/c1-14-6-8-15(9-7-14)22(28)20-21(18-4-2-3-5-19(18)26)27(24(30)23(20)29)17-12-10-16(25)11-13-17/h2-13,21,28H,1H3/b22-20-. The van der Waals surface area contributed by atoms with Gasteiger partial charge in [-0.25, -0.2) is 8.78 Å². The number of rotatable bonds is 3. The van der Waals surface area contributed by atoms with Gasteiger partial charge in [0.25, 0.3) is 11.7 Å². The summed E-state index contributed by atoms with van der Waals surface area (Å²) in [7, 11) is 0. The van der Waals surface area contributed by atoms with Gasteiger partial charge in [0.1, 0.15) is 17.4 Å². The SMILES string of the molecule is Cc1ccc(/C(O)=C2/C(=O)C(=O)N(c3ccc(F)cc3)C2c2ccccc2F)cc1. The van der Waals surface area contributed by atoms with E-state index in [9.17, 15) is 23.5 Å². The van der Waals surface area contributed by atoms with E-state index in [-0.39, 0.29) is 16.8 Å². The van der Waals surface area contributed by atoms with Crippen LogP contribution in [0.1, 0.15) is 22.7 Å². The summed E-state index contributed by atoms with van der Waals surface area (Å²) in [6.45, 7) is 1.87. The number of benzene rings is 3. The highest BCUT2D eigenvalue weighted by Gasteiger charge is 2.47. The topological polar surface area (TPSA) is 57.6 Å². The van der Waals surface area contributed by atoms with Gasteiger partial charge in [-0.1, -0.05) is 48.0 Å². The fraction of sp³-hybridized carbons (Fsp3) is 0.0833. The first-order valence-electron chi connectivity index (χ1n) is 9.26. The first kappa shape index (κ1) is 19.5. The van der Waals surface area contributed by atoms with E-state index >= 15 is 0 Å². The third kappa shape index (κ3) is 3.26. The van der Waals surface area contributed by atoms with E-state index in [0.29, 0.717) is 5.56 Å². The minimum atomic E-state index is -1.20. The molecule has 1 unspecified atom stereocenters. The summed E-state index contributed by atoms with van der Waals surface area (Å²) in [5.41, 5.74) is 1.32. The summed E-state index contributed by atoms with van der Waals surface area (Å²) in [6.07, 6.45) is 0. The second-order valence-electron chi connectivity index (χ2n) is 7.03. The van der Waals surface area contributed by atoms with Gasteiger partial charge in [-0.3, -0.25) is 14.5 Å². The first-order chi connectivity index (χ1) is 14.4. The molecule has 1 atom stereocenters. The van der Waals surface area contributed by atoms with Crippen LogP contribution in [0, 0.1) is 18.6 Å². The van der Waals surface area contributed by atoms with Crippen molar-refractivity contribution in [3.63, 3.8) is 0 Å². The second kappa shape index (κ2) is 7.55. The molecule has 4 nitrogen and oxygen atoms in total. The predicted octanol–water partition coefficient (Wildman–Crippen LogP) is 4.90. The van der Waals surface area contributed by atoms with Crippen LogP contribution in [0.25, 0.3) is 5.76 Å². The fourth-order valence-corrected chi connectivity index (χ4v) is 3.56. The lowest BCUT2D eigenvalue weighted by atomic mass is 9.94. The number of Topliss-reactive ketones (excluding diaryl/α,β-unsaturated/α-hetero) is 1. The number of hydrogen-bond donors (Lipinski definition) is 1. The van der Waals surface area contributed by atoms with E-state index in [1.54, 1.807) is 30.3 Å². The minimum Gasteiger partial charge on any atom is -0.507 e. The summed E-state index contributed by atoms with van der Waals surface area (Å²) < 4.78 is 28.1. The molecule has 0 spiro atoms. The zero-order chi connectivity index (χ0) is 21.4. The van der Waals surface area contributed by atoms with Crippen LogP contribution in [0.3, 0.4) is 0 Å². The van der Waals surface area contributed by atoms with Gasteiger partial charge in [0.05, 0.1) is 11.6 Å². The number of nitrogens with zero attached hydrogens (tertiary/aromatic N) is 1. The number of halogens is 2. The maximum atomic E-state index is 14.7. The predicted molar refractivity (Wildman–Crippen MR) is 109 cm³/mol. The lowest BCUT2D eigenvalue weighted by molar-refractivity contribution is -0.132. The number of anilines is 1. The van der Waals surface area contributed by atoms with Gasteiger partial charge in [0.15, 0.2) is 0 Å². The Bertz CT molecular complexity index is 1170. The van der Waals surface area contributed by atoms with Crippen molar-refractivity contribution in [1.82, 2.24) is 0 Å². The average molecular weight is 405 g/mol. The minimum absolute atomic E-state index is 0.0506. The van der Waals surface area contributed by atoms with Crippen LogP contribution in [0.2, 0.25) is 0 Å². The molecule has 3 aromatic rings. The van der Waals surface area contributed by atoms with Crippen LogP contribution in [-0.2, 0) is 9.59 Å². The van der Waals surface area contributed by atoms with Gasteiger partial charge < -0.3 is 5.11 Å². The first-order valence-corrected chi connectivity index (χ1v) is 9.26. The Kier molecular flexibility index (Phi) is 4.91. The molecule has 30 heavy (non-hydrogen) atoms. The molecule has 1 fully saturated rings. The van der Waals surface area contributed by atoms with Crippen molar-refractivity contribution in [2.24, 2.45) is 0 Å². The Labute approximate surface area is 171 Å². The van der Waals surface area contributed by atoms with E-state index in [1.165, 1.54) is 30.3 Å². The highest BCUT2D eigenvalue weighted by molar-refractivity contribution is 6.51. The summed E-state index contributed by atoms with van der Waals surface area (Å²) in [5.74, 6) is -3.41. The van der Waals surface area contributed by atoms with Gasteiger partial charge in [0.2, 0.25) is 0 Å². The summed E-state index contributed by atoms with van der Waals surface area (Å²) in [4.78, 5) is 26.9. The largest absolute Gasteiger partial charge is 0.507 e. The van der Waals surface area contributed by atoms with Crippen molar-refractivity contribution >= 4 is 23.1 Å². The van der Waals surface area contributed by atoms with Gasteiger partial charge in [0, 0.05) is 16.8 Å². The molecule has 4 rings (SSSR count).